The number of benzene rings is 1. The van der Waals surface area contributed by atoms with E-state index in [1.54, 1.807) is 0 Å². The summed E-state index contributed by atoms with van der Waals surface area (Å²) in [6.07, 6.45) is 0. The lowest BCUT2D eigenvalue weighted by Gasteiger charge is -2.12. The third-order valence-corrected chi connectivity index (χ3v) is 3.33. The summed E-state index contributed by atoms with van der Waals surface area (Å²) in [6, 6.07) is 12.3. The molecule has 0 spiro atoms. The van der Waals surface area contributed by atoms with Gasteiger partial charge < -0.3 is 9.73 Å². The molecule has 1 N–H and O–H groups in total. The minimum Gasteiger partial charge on any atom is -0.452 e. The fraction of sp³-hybridized carbons (Fsp3) is 0.167. The van der Waals surface area contributed by atoms with E-state index in [9.17, 15) is 0 Å². The number of furan rings is 1. The Morgan fingerprint density at radius 2 is 2.12 bits per heavy atom. The molecule has 1 atom stereocenters. The van der Waals surface area contributed by atoms with Gasteiger partial charge in [0.05, 0.1) is 6.04 Å². The Labute approximate surface area is 117 Å². The maximum atomic E-state index is 5.50. The van der Waals surface area contributed by atoms with Crippen LogP contribution in [-0.2, 0) is 0 Å². The van der Waals surface area contributed by atoms with Crippen LogP contribution in [0.15, 0.2) is 45.5 Å². The van der Waals surface area contributed by atoms with E-state index in [1.807, 2.05) is 18.2 Å². The normalized spacial score (nSPS) is 12.4. The monoisotopic (exact) mass is 391 g/mol. The van der Waals surface area contributed by atoms with Gasteiger partial charge in [-0.15, -0.1) is 0 Å². The second kappa shape index (κ2) is 5.23. The molecular weight excluding hydrogens is 381 g/mol. The van der Waals surface area contributed by atoms with Crippen molar-refractivity contribution in [3.63, 3.8) is 0 Å². The maximum Gasteiger partial charge on any atom is 0.169 e. The average Bonchev–Trinajstić information content (AvgIpc) is 2.65. The van der Waals surface area contributed by atoms with Crippen LogP contribution in [-0.4, -0.2) is 0 Å². The first-order chi connectivity index (χ1) is 7.65. The van der Waals surface area contributed by atoms with Gasteiger partial charge in [0.2, 0.25) is 0 Å². The van der Waals surface area contributed by atoms with Gasteiger partial charge in [-0.05, 0) is 75.8 Å². The Hall–Kier alpha value is -0.490. The number of halogens is 2. The van der Waals surface area contributed by atoms with Crippen LogP contribution >= 0.6 is 38.5 Å². The Bertz CT molecular complexity index is 483. The molecule has 0 aliphatic heterocycles. The van der Waals surface area contributed by atoms with E-state index in [4.69, 9.17) is 4.42 Å². The fourth-order valence-electron chi connectivity index (χ4n) is 1.46. The molecule has 4 heteroatoms. The van der Waals surface area contributed by atoms with Crippen LogP contribution in [0.3, 0.4) is 0 Å². The van der Waals surface area contributed by atoms with Crippen molar-refractivity contribution in [2.45, 2.75) is 13.0 Å². The standard InChI is InChI=1S/C12H11BrINO/c1-8(11-5-6-12(13)16-11)15-10-4-2-3-9(14)7-10/h2-8,15H,1H3. The summed E-state index contributed by atoms with van der Waals surface area (Å²) in [7, 11) is 0. The average molecular weight is 392 g/mol. The second-order valence-electron chi connectivity index (χ2n) is 3.52. The van der Waals surface area contributed by atoms with Crippen LogP contribution in [0.5, 0.6) is 0 Å². The maximum absolute atomic E-state index is 5.50. The molecule has 1 heterocycles. The summed E-state index contributed by atoms with van der Waals surface area (Å²) >= 11 is 5.60. The van der Waals surface area contributed by atoms with Gasteiger partial charge in [0.15, 0.2) is 4.67 Å². The number of nitrogens with one attached hydrogen (secondary N) is 1. The van der Waals surface area contributed by atoms with Gasteiger partial charge in [0.1, 0.15) is 5.76 Å². The molecule has 0 saturated heterocycles. The molecule has 0 radical (unpaired) electrons. The quantitative estimate of drug-likeness (QED) is 0.758. The van der Waals surface area contributed by atoms with Crippen molar-refractivity contribution in [1.82, 2.24) is 0 Å². The van der Waals surface area contributed by atoms with Crippen molar-refractivity contribution in [1.29, 1.82) is 0 Å². The number of hydrogen-bond acceptors (Lipinski definition) is 2. The molecule has 2 aromatic rings. The summed E-state index contributed by atoms with van der Waals surface area (Å²) < 4.78 is 7.48. The Morgan fingerprint density at radius 1 is 1.31 bits per heavy atom. The molecule has 0 aliphatic carbocycles. The van der Waals surface area contributed by atoms with Crippen LogP contribution in [0, 0.1) is 3.57 Å². The van der Waals surface area contributed by atoms with Gasteiger partial charge in [0, 0.05) is 9.26 Å². The van der Waals surface area contributed by atoms with E-state index in [0.717, 1.165) is 16.1 Å². The van der Waals surface area contributed by atoms with Crippen LogP contribution in [0.25, 0.3) is 0 Å². The van der Waals surface area contributed by atoms with Crippen LogP contribution < -0.4 is 5.32 Å². The van der Waals surface area contributed by atoms with Crippen molar-refractivity contribution < 1.29 is 4.42 Å². The molecule has 1 aromatic heterocycles. The lowest BCUT2D eigenvalue weighted by atomic mass is 10.2. The minimum absolute atomic E-state index is 0.157. The highest BCUT2D eigenvalue weighted by Crippen LogP contribution is 2.24. The largest absolute Gasteiger partial charge is 0.452 e. The fourth-order valence-corrected chi connectivity index (χ4v) is 2.32. The summed E-state index contributed by atoms with van der Waals surface area (Å²) in [5.41, 5.74) is 1.10. The first-order valence-corrected chi connectivity index (χ1v) is 6.79. The Balaban J connectivity index is 2.10. The number of anilines is 1. The lowest BCUT2D eigenvalue weighted by molar-refractivity contribution is 0.471. The van der Waals surface area contributed by atoms with Crippen LogP contribution in [0.2, 0.25) is 0 Å². The molecule has 0 bridgehead atoms. The lowest BCUT2D eigenvalue weighted by Crippen LogP contribution is -2.05. The van der Waals surface area contributed by atoms with Crippen LogP contribution in [0.4, 0.5) is 5.69 Å². The van der Waals surface area contributed by atoms with E-state index in [-0.39, 0.29) is 6.04 Å². The third kappa shape index (κ3) is 3.01. The predicted molar refractivity (Wildman–Crippen MR) is 77.6 cm³/mol. The van der Waals surface area contributed by atoms with Gasteiger partial charge in [-0.3, -0.25) is 0 Å². The molecule has 16 heavy (non-hydrogen) atoms. The molecule has 1 aromatic carbocycles. The zero-order chi connectivity index (χ0) is 11.5. The smallest absolute Gasteiger partial charge is 0.169 e. The highest BCUT2D eigenvalue weighted by Gasteiger charge is 2.09. The minimum atomic E-state index is 0.157. The van der Waals surface area contributed by atoms with Gasteiger partial charge >= 0.3 is 0 Å². The third-order valence-electron chi connectivity index (χ3n) is 2.23. The first kappa shape index (κ1) is 12.0. The van der Waals surface area contributed by atoms with Crippen molar-refractivity contribution in [3.05, 3.63) is 50.4 Å². The van der Waals surface area contributed by atoms with E-state index in [0.29, 0.717) is 0 Å². The van der Waals surface area contributed by atoms with Crippen molar-refractivity contribution >= 4 is 44.2 Å². The van der Waals surface area contributed by atoms with Gasteiger partial charge in [-0.1, -0.05) is 6.07 Å². The predicted octanol–water partition coefficient (Wildman–Crippen LogP) is 4.82. The van der Waals surface area contributed by atoms with E-state index >= 15 is 0 Å². The van der Waals surface area contributed by atoms with Gasteiger partial charge in [-0.25, -0.2) is 0 Å². The SMILES string of the molecule is CC(Nc1cccc(I)c1)c1ccc(Br)o1. The summed E-state index contributed by atoms with van der Waals surface area (Å²) in [4.78, 5) is 0. The molecule has 2 rings (SSSR count). The zero-order valence-electron chi connectivity index (χ0n) is 8.71. The van der Waals surface area contributed by atoms with E-state index < -0.39 is 0 Å². The molecule has 84 valence electrons. The number of rotatable bonds is 3. The Kier molecular flexibility index (Phi) is 3.91. The molecule has 0 saturated carbocycles. The highest BCUT2D eigenvalue weighted by atomic mass is 127. The van der Waals surface area contributed by atoms with Crippen LogP contribution in [0.1, 0.15) is 18.7 Å². The highest BCUT2D eigenvalue weighted by molar-refractivity contribution is 14.1. The van der Waals surface area contributed by atoms with E-state index in [1.165, 1.54) is 3.57 Å². The summed E-state index contributed by atoms with van der Waals surface area (Å²) in [6.45, 7) is 2.07. The molecule has 0 fully saturated rings. The molecular formula is C12H11BrINO. The Morgan fingerprint density at radius 3 is 2.75 bits per heavy atom. The molecule has 1 unspecified atom stereocenters. The summed E-state index contributed by atoms with van der Waals surface area (Å²) in [5, 5.41) is 3.39. The molecule has 0 amide bonds. The first-order valence-electron chi connectivity index (χ1n) is 4.92. The second-order valence-corrected chi connectivity index (χ2v) is 5.55. The number of hydrogen-bond donors (Lipinski definition) is 1. The van der Waals surface area contributed by atoms with Crippen molar-refractivity contribution in [2.75, 3.05) is 5.32 Å². The zero-order valence-corrected chi connectivity index (χ0v) is 12.4. The topological polar surface area (TPSA) is 25.2 Å². The van der Waals surface area contributed by atoms with Crippen molar-refractivity contribution in [2.24, 2.45) is 0 Å². The van der Waals surface area contributed by atoms with Gasteiger partial charge in [0.25, 0.3) is 0 Å². The molecule has 2 nitrogen and oxygen atoms in total. The molecule has 0 aliphatic rings. The summed E-state index contributed by atoms with van der Waals surface area (Å²) in [5.74, 6) is 0.922. The van der Waals surface area contributed by atoms with E-state index in [2.05, 4.69) is 69.0 Å². The van der Waals surface area contributed by atoms with Crippen molar-refractivity contribution in [3.8, 4) is 0 Å². The van der Waals surface area contributed by atoms with Gasteiger partial charge in [-0.2, -0.15) is 0 Å².